The number of rotatable bonds is 7. The summed E-state index contributed by atoms with van der Waals surface area (Å²) >= 11 is 5.77. The van der Waals surface area contributed by atoms with Crippen molar-refractivity contribution in [1.82, 2.24) is 0 Å². The van der Waals surface area contributed by atoms with Crippen LogP contribution in [0.4, 0.5) is 5.69 Å². The maximum Gasteiger partial charge on any atom is 0.307 e. The zero-order valence-electron chi connectivity index (χ0n) is 14.6. The quantitative estimate of drug-likeness (QED) is 0.583. The lowest BCUT2D eigenvalue weighted by Crippen LogP contribution is -2.30. The number of hydrogen-bond acceptors (Lipinski definition) is 4. The van der Waals surface area contributed by atoms with E-state index in [-0.39, 0.29) is 18.6 Å². The van der Waals surface area contributed by atoms with Gasteiger partial charge in [-0.3, -0.25) is 14.4 Å². The van der Waals surface area contributed by atoms with Gasteiger partial charge in [0, 0.05) is 22.7 Å². The van der Waals surface area contributed by atoms with Gasteiger partial charge in [0.2, 0.25) is 0 Å². The van der Waals surface area contributed by atoms with Crippen molar-refractivity contribution in [3.63, 3.8) is 0 Å². The van der Waals surface area contributed by atoms with Gasteiger partial charge in [-0.2, -0.15) is 0 Å². The van der Waals surface area contributed by atoms with Gasteiger partial charge in [0.1, 0.15) is 0 Å². The van der Waals surface area contributed by atoms with Crippen LogP contribution in [0, 0.1) is 6.92 Å². The highest BCUT2D eigenvalue weighted by Gasteiger charge is 2.19. The summed E-state index contributed by atoms with van der Waals surface area (Å²) in [6.45, 7) is 3.43. The fraction of sp³-hybridized carbons (Fsp3) is 0.250. The van der Waals surface area contributed by atoms with Crippen LogP contribution in [-0.4, -0.2) is 23.8 Å². The lowest BCUT2D eigenvalue weighted by molar-refractivity contribution is -0.153. The van der Waals surface area contributed by atoms with Crippen LogP contribution >= 0.6 is 11.6 Å². The normalized spacial score (nSPS) is 11.5. The zero-order chi connectivity index (χ0) is 19.1. The number of aryl methyl sites for hydroxylation is 1. The van der Waals surface area contributed by atoms with Gasteiger partial charge in [-0.1, -0.05) is 29.3 Å². The smallest absolute Gasteiger partial charge is 0.307 e. The minimum Gasteiger partial charge on any atom is -0.453 e. The Morgan fingerprint density at radius 2 is 1.62 bits per heavy atom. The molecule has 26 heavy (non-hydrogen) atoms. The molecular weight excluding hydrogens is 354 g/mol. The Morgan fingerprint density at radius 3 is 2.23 bits per heavy atom. The van der Waals surface area contributed by atoms with Crippen molar-refractivity contribution in [2.24, 2.45) is 0 Å². The molecule has 1 amide bonds. The molecule has 0 heterocycles. The Labute approximate surface area is 157 Å². The lowest BCUT2D eigenvalue weighted by Gasteiger charge is -2.13. The first-order chi connectivity index (χ1) is 12.3. The van der Waals surface area contributed by atoms with E-state index in [1.165, 1.54) is 6.92 Å². The molecule has 0 spiro atoms. The van der Waals surface area contributed by atoms with E-state index in [1.807, 2.05) is 19.1 Å². The Kier molecular flexibility index (Phi) is 6.92. The molecule has 2 aromatic carbocycles. The monoisotopic (exact) mass is 373 g/mol. The van der Waals surface area contributed by atoms with E-state index in [4.69, 9.17) is 16.3 Å². The van der Waals surface area contributed by atoms with E-state index in [1.54, 1.807) is 36.4 Å². The summed E-state index contributed by atoms with van der Waals surface area (Å²) in [4.78, 5) is 35.9. The Bertz CT molecular complexity index is 784. The Morgan fingerprint density at radius 1 is 1.00 bits per heavy atom. The van der Waals surface area contributed by atoms with Crippen molar-refractivity contribution in [1.29, 1.82) is 0 Å². The third-order valence-corrected chi connectivity index (χ3v) is 3.97. The summed E-state index contributed by atoms with van der Waals surface area (Å²) in [5.41, 5.74) is 2.18. The van der Waals surface area contributed by atoms with Crippen LogP contribution in [0.25, 0.3) is 0 Å². The van der Waals surface area contributed by atoms with Crippen molar-refractivity contribution < 1.29 is 19.1 Å². The summed E-state index contributed by atoms with van der Waals surface area (Å²) < 4.78 is 5.09. The van der Waals surface area contributed by atoms with Gasteiger partial charge in [0.15, 0.2) is 11.9 Å². The zero-order valence-corrected chi connectivity index (χ0v) is 15.4. The SMILES string of the molecule is Cc1ccc(NC(=O)[C@H](C)OC(=O)CCC(=O)c2ccc(Cl)cc2)cc1. The van der Waals surface area contributed by atoms with Crippen molar-refractivity contribution in [3.8, 4) is 0 Å². The molecule has 0 aliphatic heterocycles. The van der Waals surface area contributed by atoms with Crippen LogP contribution in [0.5, 0.6) is 0 Å². The number of carbonyl (C=O) groups excluding carboxylic acids is 3. The predicted molar refractivity (Wildman–Crippen MR) is 100 cm³/mol. The third kappa shape index (κ3) is 6.01. The number of hydrogen-bond donors (Lipinski definition) is 1. The van der Waals surface area contributed by atoms with Gasteiger partial charge in [-0.05, 0) is 50.2 Å². The summed E-state index contributed by atoms with van der Waals surface area (Å²) in [5, 5.41) is 3.21. The number of ether oxygens (including phenoxy) is 1. The minimum atomic E-state index is -0.950. The molecule has 0 saturated carbocycles. The molecule has 0 bridgehead atoms. The number of nitrogens with one attached hydrogen (secondary N) is 1. The average Bonchev–Trinajstić information content (AvgIpc) is 2.62. The van der Waals surface area contributed by atoms with Crippen molar-refractivity contribution in [2.75, 3.05) is 5.32 Å². The molecule has 0 fully saturated rings. The van der Waals surface area contributed by atoms with Crippen molar-refractivity contribution in [3.05, 3.63) is 64.7 Å². The third-order valence-electron chi connectivity index (χ3n) is 3.72. The van der Waals surface area contributed by atoms with E-state index >= 15 is 0 Å². The first-order valence-electron chi connectivity index (χ1n) is 8.21. The number of ketones is 1. The lowest BCUT2D eigenvalue weighted by atomic mass is 10.1. The number of esters is 1. The van der Waals surface area contributed by atoms with Crippen molar-refractivity contribution in [2.45, 2.75) is 32.8 Å². The molecule has 1 N–H and O–H groups in total. The molecule has 2 aromatic rings. The summed E-state index contributed by atoms with van der Waals surface area (Å²) in [7, 11) is 0. The van der Waals surface area contributed by atoms with Gasteiger partial charge < -0.3 is 10.1 Å². The first-order valence-corrected chi connectivity index (χ1v) is 8.59. The van der Waals surface area contributed by atoms with Crippen molar-refractivity contribution >= 4 is 34.9 Å². The molecule has 0 aliphatic rings. The molecule has 0 unspecified atom stereocenters. The molecule has 0 radical (unpaired) electrons. The average molecular weight is 374 g/mol. The molecule has 0 aliphatic carbocycles. The Balaban J connectivity index is 1.79. The molecule has 2 rings (SSSR count). The van der Waals surface area contributed by atoms with Crippen LogP contribution in [0.3, 0.4) is 0 Å². The maximum absolute atomic E-state index is 12.1. The number of amides is 1. The van der Waals surface area contributed by atoms with E-state index in [9.17, 15) is 14.4 Å². The van der Waals surface area contributed by atoms with E-state index in [0.29, 0.717) is 16.3 Å². The van der Waals surface area contributed by atoms with Gasteiger partial charge in [-0.15, -0.1) is 0 Å². The molecule has 0 aromatic heterocycles. The largest absolute Gasteiger partial charge is 0.453 e. The fourth-order valence-corrected chi connectivity index (χ4v) is 2.31. The molecule has 6 heteroatoms. The van der Waals surface area contributed by atoms with Gasteiger partial charge in [0.05, 0.1) is 6.42 Å². The summed E-state index contributed by atoms with van der Waals surface area (Å²) in [6.07, 6.45) is -1.04. The highest BCUT2D eigenvalue weighted by atomic mass is 35.5. The van der Waals surface area contributed by atoms with E-state index < -0.39 is 18.0 Å². The van der Waals surface area contributed by atoms with Gasteiger partial charge in [-0.25, -0.2) is 0 Å². The standard InChI is InChI=1S/C20H20ClNO4/c1-13-3-9-17(10-4-13)22-20(25)14(2)26-19(24)12-11-18(23)15-5-7-16(21)8-6-15/h3-10,14H,11-12H2,1-2H3,(H,22,25)/t14-/m0/s1. The van der Waals surface area contributed by atoms with Crippen LogP contribution in [0.2, 0.25) is 5.02 Å². The number of halogens is 1. The predicted octanol–water partition coefficient (Wildman–Crippen LogP) is 4.18. The van der Waals surface area contributed by atoms with E-state index in [0.717, 1.165) is 5.56 Å². The molecule has 5 nitrogen and oxygen atoms in total. The second-order valence-electron chi connectivity index (χ2n) is 5.92. The van der Waals surface area contributed by atoms with Gasteiger partial charge in [0.25, 0.3) is 5.91 Å². The fourth-order valence-electron chi connectivity index (χ4n) is 2.19. The molecule has 136 valence electrons. The highest BCUT2D eigenvalue weighted by Crippen LogP contribution is 2.13. The number of carbonyl (C=O) groups is 3. The highest BCUT2D eigenvalue weighted by molar-refractivity contribution is 6.30. The minimum absolute atomic E-state index is 0.00671. The van der Waals surface area contributed by atoms with Gasteiger partial charge >= 0.3 is 5.97 Å². The maximum atomic E-state index is 12.1. The number of anilines is 1. The van der Waals surface area contributed by atoms with E-state index in [2.05, 4.69) is 5.32 Å². The summed E-state index contributed by atoms with van der Waals surface area (Å²) in [5.74, 6) is -1.21. The second-order valence-corrected chi connectivity index (χ2v) is 6.35. The number of benzene rings is 2. The number of Topliss-reactive ketones (excluding diaryl/α,β-unsaturated/α-hetero) is 1. The molecule has 1 atom stereocenters. The molecule has 0 saturated heterocycles. The van der Waals surface area contributed by atoms with Crippen LogP contribution < -0.4 is 5.32 Å². The van der Waals surface area contributed by atoms with Crippen LogP contribution in [0.1, 0.15) is 35.7 Å². The second kappa shape index (κ2) is 9.15. The molecular formula is C20H20ClNO4. The van der Waals surface area contributed by atoms with Crippen LogP contribution in [0.15, 0.2) is 48.5 Å². The Hall–Kier alpha value is -2.66. The van der Waals surface area contributed by atoms with Crippen LogP contribution in [-0.2, 0) is 14.3 Å². The topological polar surface area (TPSA) is 72.5 Å². The first kappa shape index (κ1) is 19.7. The summed E-state index contributed by atoms with van der Waals surface area (Å²) in [6, 6.07) is 13.7.